The van der Waals surface area contributed by atoms with Gasteiger partial charge in [0, 0.05) is 61.8 Å². The molecule has 1 aromatic heterocycles. The zero-order valence-electron chi connectivity index (χ0n) is 21.3. The monoisotopic (exact) mass is 527 g/mol. The second-order valence-corrected chi connectivity index (χ2v) is 9.72. The molecule has 1 fully saturated rings. The molecule has 3 aromatic carbocycles. The summed E-state index contributed by atoms with van der Waals surface area (Å²) in [5.74, 6) is 0.430. The van der Waals surface area contributed by atoms with Crippen molar-refractivity contribution in [2.45, 2.75) is 13.1 Å². The van der Waals surface area contributed by atoms with E-state index in [-0.39, 0.29) is 5.91 Å². The average molecular weight is 528 g/mol. The Balaban J connectivity index is 1.11. The number of carbonyl (C=O) groups excluding carboxylic acids is 1. The molecule has 1 aliphatic rings. The van der Waals surface area contributed by atoms with E-state index in [4.69, 9.17) is 16.3 Å². The second kappa shape index (κ2) is 12.2. The lowest BCUT2D eigenvalue weighted by Crippen LogP contribution is -2.45. The van der Waals surface area contributed by atoms with Crippen LogP contribution >= 0.6 is 11.6 Å². The predicted molar refractivity (Wildman–Crippen MR) is 152 cm³/mol. The molecule has 38 heavy (non-hydrogen) atoms. The molecule has 0 bridgehead atoms. The van der Waals surface area contributed by atoms with Crippen LogP contribution in [0.4, 0.5) is 0 Å². The van der Waals surface area contributed by atoms with Gasteiger partial charge in [-0.05, 0) is 41.5 Å². The summed E-state index contributed by atoms with van der Waals surface area (Å²) in [6, 6.07) is 25.8. The summed E-state index contributed by atoms with van der Waals surface area (Å²) in [4.78, 5) is 21.9. The summed E-state index contributed by atoms with van der Waals surface area (Å²) < 4.78 is 5.23. The zero-order valence-corrected chi connectivity index (χ0v) is 22.1. The van der Waals surface area contributed by atoms with E-state index in [1.165, 1.54) is 17.3 Å². The number of pyridine rings is 1. The molecule has 1 N–H and O–H groups in total. The van der Waals surface area contributed by atoms with Crippen LogP contribution in [0.1, 0.15) is 27.0 Å². The van der Waals surface area contributed by atoms with Gasteiger partial charge in [-0.25, -0.2) is 10.4 Å². The van der Waals surface area contributed by atoms with Crippen LogP contribution in [0.3, 0.4) is 0 Å². The maximum atomic E-state index is 12.6. The van der Waals surface area contributed by atoms with Crippen LogP contribution in [-0.4, -0.2) is 60.2 Å². The van der Waals surface area contributed by atoms with Gasteiger partial charge in [-0.3, -0.25) is 14.6 Å². The largest absolute Gasteiger partial charge is 0.497 e. The third-order valence-corrected chi connectivity index (χ3v) is 7.01. The standard InChI is InChI=1S/C30H30ClN5O2/c1-38-27-12-11-25-17-26(29(31)33-28(25)18-27)19-32-34-30(37)24-9-7-23(8-10-24)21-36-15-13-35(14-16-36)20-22-5-3-2-4-6-22/h2-12,17-19H,13-16,20-21H2,1H3,(H,34,37)/b32-19-. The number of benzene rings is 3. The van der Waals surface area contributed by atoms with Crippen LogP contribution in [0.2, 0.25) is 5.15 Å². The minimum atomic E-state index is -0.281. The number of halogens is 1. The van der Waals surface area contributed by atoms with Crippen molar-refractivity contribution in [2.75, 3.05) is 33.3 Å². The summed E-state index contributed by atoms with van der Waals surface area (Å²) in [5, 5.41) is 5.29. The number of hydrazone groups is 1. The van der Waals surface area contributed by atoms with Crippen molar-refractivity contribution in [1.29, 1.82) is 0 Å². The number of carbonyl (C=O) groups is 1. The fraction of sp³-hybridized carbons (Fsp3) is 0.233. The van der Waals surface area contributed by atoms with E-state index in [0.717, 1.165) is 50.2 Å². The molecular formula is C30H30ClN5O2. The van der Waals surface area contributed by atoms with Crippen LogP contribution in [0.25, 0.3) is 10.9 Å². The number of ether oxygens (including phenoxy) is 1. The Bertz CT molecular complexity index is 1420. The quantitative estimate of drug-likeness (QED) is 0.199. The molecule has 0 aliphatic carbocycles. The van der Waals surface area contributed by atoms with Crippen LogP contribution in [-0.2, 0) is 13.1 Å². The molecule has 1 amide bonds. The first-order valence-corrected chi connectivity index (χ1v) is 13.0. The van der Waals surface area contributed by atoms with Crippen molar-refractivity contribution in [3.05, 3.63) is 106 Å². The third kappa shape index (κ3) is 6.55. The number of nitrogens with one attached hydrogen (secondary N) is 1. The highest BCUT2D eigenvalue weighted by atomic mass is 35.5. The fourth-order valence-corrected chi connectivity index (χ4v) is 4.74. The second-order valence-electron chi connectivity index (χ2n) is 9.36. The number of rotatable bonds is 8. The van der Waals surface area contributed by atoms with Gasteiger partial charge in [0.25, 0.3) is 5.91 Å². The van der Waals surface area contributed by atoms with Gasteiger partial charge in [-0.2, -0.15) is 5.10 Å². The van der Waals surface area contributed by atoms with Gasteiger partial charge in [0.05, 0.1) is 18.8 Å². The zero-order chi connectivity index (χ0) is 26.3. The molecule has 0 unspecified atom stereocenters. The van der Waals surface area contributed by atoms with Crippen molar-refractivity contribution in [3.8, 4) is 5.75 Å². The molecule has 7 nitrogen and oxygen atoms in total. The Kier molecular flexibility index (Phi) is 8.28. The molecule has 2 heterocycles. The Hall–Kier alpha value is -3.78. The summed E-state index contributed by atoms with van der Waals surface area (Å²) in [6.07, 6.45) is 1.50. The van der Waals surface area contributed by atoms with E-state index >= 15 is 0 Å². The highest BCUT2D eigenvalue weighted by molar-refractivity contribution is 6.32. The van der Waals surface area contributed by atoms with Gasteiger partial charge in [0.2, 0.25) is 0 Å². The van der Waals surface area contributed by atoms with Crippen LogP contribution in [0.5, 0.6) is 5.75 Å². The van der Waals surface area contributed by atoms with Gasteiger partial charge < -0.3 is 4.74 Å². The summed E-state index contributed by atoms with van der Waals surface area (Å²) in [6.45, 7) is 6.04. The van der Waals surface area contributed by atoms with Gasteiger partial charge in [0.15, 0.2) is 0 Å². The van der Waals surface area contributed by atoms with Gasteiger partial charge in [-0.15, -0.1) is 0 Å². The van der Waals surface area contributed by atoms with Crippen molar-refractivity contribution in [3.63, 3.8) is 0 Å². The lowest BCUT2D eigenvalue weighted by molar-refractivity contribution is 0.0955. The minimum Gasteiger partial charge on any atom is -0.497 e. The number of piperazine rings is 1. The molecule has 4 aromatic rings. The fourth-order valence-electron chi connectivity index (χ4n) is 4.55. The smallest absolute Gasteiger partial charge is 0.271 e. The third-order valence-electron chi connectivity index (χ3n) is 6.71. The number of fused-ring (bicyclic) bond motifs is 1. The average Bonchev–Trinajstić information content (AvgIpc) is 2.95. The molecule has 0 atom stereocenters. The molecule has 194 valence electrons. The van der Waals surface area contributed by atoms with E-state index in [9.17, 15) is 4.79 Å². The summed E-state index contributed by atoms with van der Waals surface area (Å²) >= 11 is 6.31. The van der Waals surface area contributed by atoms with E-state index in [0.29, 0.717) is 22.0 Å². The maximum absolute atomic E-state index is 12.6. The lowest BCUT2D eigenvalue weighted by atomic mass is 10.1. The molecular weight excluding hydrogens is 498 g/mol. The van der Waals surface area contributed by atoms with Crippen molar-refractivity contribution < 1.29 is 9.53 Å². The normalized spacial score (nSPS) is 14.7. The number of hydrogen-bond acceptors (Lipinski definition) is 6. The van der Waals surface area contributed by atoms with Crippen LogP contribution in [0, 0.1) is 0 Å². The van der Waals surface area contributed by atoms with E-state index in [1.54, 1.807) is 7.11 Å². The highest BCUT2D eigenvalue weighted by Crippen LogP contribution is 2.23. The first-order chi connectivity index (χ1) is 18.6. The first kappa shape index (κ1) is 25.9. The Labute approximate surface area is 227 Å². The van der Waals surface area contributed by atoms with Crippen molar-refractivity contribution in [1.82, 2.24) is 20.2 Å². The van der Waals surface area contributed by atoms with Gasteiger partial charge >= 0.3 is 0 Å². The Morgan fingerprint density at radius 1 is 0.947 bits per heavy atom. The van der Waals surface area contributed by atoms with Crippen molar-refractivity contribution in [2.24, 2.45) is 5.10 Å². The minimum absolute atomic E-state index is 0.281. The van der Waals surface area contributed by atoms with E-state index < -0.39 is 0 Å². The number of nitrogens with zero attached hydrogens (tertiary/aromatic N) is 4. The Morgan fingerprint density at radius 3 is 2.26 bits per heavy atom. The molecule has 0 radical (unpaired) electrons. The lowest BCUT2D eigenvalue weighted by Gasteiger charge is -2.34. The predicted octanol–water partition coefficient (Wildman–Crippen LogP) is 4.98. The molecule has 8 heteroatoms. The first-order valence-electron chi connectivity index (χ1n) is 12.6. The number of aromatic nitrogens is 1. The molecule has 0 saturated carbocycles. The number of hydrogen-bond donors (Lipinski definition) is 1. The van der Waals surface area contributed by atoms with Crippen molar-refractivity contribution >= 4 is 34.6 Å². The summed E-state index contributed by atoms with van der Waals surface area (Å²) in [7, 11) is 1.61. The molecule has 1 saturated heterocycles. The van der Waals surface area contributed by atoms with Crippen LogP contribution < -0.4 is 10.2 Å². The molecule has 0 spiro atoms. The maximum Gasteiger partial charge on any atom is 0.271 e. The Morgan fingerprint density at radius 2 is 1.61 bits per heavy atom. The number of methoxy groups -OCH3 is 1. The molecule has 1 aliphatic heterocycles. The number of amides is 1. The van der Waals surface area contributed by atoms with E-state index in [2.05, 4.69) is 55.6 Å². The van der Waals surface area contributed by atoms with Gasteiger partial charge in [0.1, 0.15) is 10.9 Å². The van der Waals surface area contributed by atoms with Crippen LogP contribution in [0.15, 0.2) is 84.0 Å². The SMILES string of the molecule is COc1ccc2cc(/C=N\NC(=O)c3ccc(CN4CCN(Cc5ccccc5)CC4)cc3)c(Cl)nc2c1. The summed E-state index contributed by atoms with van der Waals surface area (Å²) in [5.41, 5.74) is 7.01. The van der Waals surface area contributed by atoms with Gasteiger partial charge in [-0.1, -0.05) is 54.1 Å². The van der Waals surface area contributed by atoms with E-state index in [1.807, 2.05) is 48.5 Å². The molecule has 5 rings (SSSR count). The highest BCUT2D eigenvalue weighted by Gasteiger charge is 2.17. The topological polar surface area (TPSA) is 70.1 Å².